The number of carbonyl (C=O) groups is 11. The van der Waals surface area contributed by atoms with Gasteiger partial charge in [-0.1, -0.05) is 67.8 Å². The number of ketones is 2. The van der Waals surface area contributed by atoms with E-state index < -0.39 is 132 Å². The zero-order chi connectivity index (χ0) is 51.5. The van der Waals surface area contributed by atoms with Crippen LogP contribution >= 0.6 is 21.6 Å². The third-order valence-corrected chi connectivity index (χ3v) is 14.3. The molecule has 69 heavy (non-hydrogen) atoms. The highest BCUT2D eigenvalue weighted by molar-refractivity contribution is 8.76. The fourth-order valence-electron chi connectivity index (χ4n) is 7.77. The number of primary amides is 3. The van der Waals surface area contributed by atoms with Crippen LogP contribution < -0.4 is 49.5 Å². The van der Waals surface area contributed by atoms with Crippen LogP contribution in [0.4, 0.5) is 0 Å². The molecule has 2 heterocycles. The molecule has 22 nitrogen and oxygen atoms in total. The number of amides is 9. The van der Waals surface area contributed by atoms with Gasteiger partial charge in [0.2, 0.25) is 53.2 Å². The minimum absolute atomic E-state index is 0.0396. The molecule has 0 unspecified atom stereocenters. The number of nitrogens with two attached hydrogens (primary N) is 4. The SMILES string of the molecule is CC[C@H](C)[C@@H]1NC(=O)[C@H](Cc2ccc(O)cc2)NC(=O)[C@@H](N)CSSC[C@@H](C(=O)N2CCC[C@H]2C(=O)N[C@@H](CC(C)C)C(=O)CCC(N)=O)NC(=O)[C@H](CC(N)=O)CC(=O)[C@H](CCC(N)=O)NC1=O. The van der Waals surface area contributed by atoms with Gasteiger partial charge in [0.1, 0.15) is 29.9 Å². The summed E-state index contributed by atoms with van der Waals surface area (Å²) in [5.41, 5.74) is 23.1. The number of nitrogens with one attached hydrogen (secondary N) is 5. The lowest BCUT2D eigenvalue weighted by atomic mass is 9.91. The van der Waals surface area contributed by atoms with Crippen LogP contribution in [-0.4, -0.2) is 135 Å². The van der Waals surface area contributed by atoms with Gasteiger partial charge in [-0.2, -0.15) is 0 Å². The van der Waals surface area contributed by atoms with Crippen LogP contribution in [0.5, 0.6) is 5.75 Å². The average Bonchev–Trinajstić information content (AvgIpc) is 3.78. The van der Waals surface area contributed by atoms with Crippen LogP contribution in [0, 0.1) is 17.8 Å². The van der Waals surface area contributed by atoms with Crippen LogP contribution in [0.15, 0.2) is 24.3 Å². The molecule has 0 spiro atoms. The first-order chi connectivity index (χ1) is 32.5. The summed E-state index contributed by atoms with van der Waals surface area (Å²) >= 11 is 0. The third kappa shape index (κ3) is 18.9. The molecule has 1 aromatic carbocycles. The minimum Gasteiger partial charge on any atom is -0.508 e. The van der Waals surface area contributed by atoms with Gasteiger partial charge in [-0.3, -0.25) is 52.7 Å². The van der Waals surface area contributed by atoms with Gasteiger partial charge in [0.05, 0.1) is 24.0 Å². The lowest BCUT2D eigenvalue weighted by Crippen LogP contribution is -2.59. The molecular formula is C45H68N10O12S2. The van der Waals surface area contributed by atoms with Crippen LogP contribution in [0.3, 0.4) is 0 Å². The maximum Gasteiger partial charge on any atom is 0.246 e. The standard InChI is InChI=1S/C45H68N10O12S2/c1-5-24(4)39-44(66)50-29(12-14-36(47)59)35(58)19-26(20-38(49)61)40(62)53-32(22-69-68-21-28(46)41(63)52-31(42(64)54-39)18-25-8-10-27(56)11-9-25)45(67)55-16-6-7-33(55)43(65)51-30(17-23(2)3)34(57)13-15-37(48)60/h8-11,23-24,26,28-33,39,56H,5-7,12-22,46H2,1-4H3,(H2,47,59)(H2,48,60)(H2,49,61)(H,50,66)(H,51,65)(H,52,63)(H,53,62)(H,54,64)/t24-,26-,28-,29-,30-,31-,32-,33-,39-/m0/s1. The van der Waals surface area contributed by atoms with E-state index in [1.54, 1.807) is 26.0 Å². The van der Waals surface area contributed by atoms with Gasteiger partial charge in [-0.15, -0.1) is 0 Å². The molecule has 0 radical (unpaired) electrons. The largest absolute Gasteiger partial charge is 0.508 e. The summed E-state index contributed by atoms with van der Waals surface area (Å²) in [6.07, 6.45) is -1.42. The second-order valence-corrected chi connectivity index (χ2v) is 20.5. The molecule has 3 rings (SSSR count). The predicted octanol–water partition coefficient (Wildman–Crippen LogP) is -1.28. The van der Waals surface area contributed by atoms with Crippen molar-refractivity contribution in [3.05, 3.63) is 29.8 Å². The second kappa shape index (κ2) is 28.0. The molecule has 24 heteroatoms. The zero-order valence-electron chi connectivity index (χ0n) is 39.5. The van der Waals surface area contributed by atoms with Crippen molar-refractivity contribution >= 4 is 86.3 Å². The van der Waals surface area contributed by atoms with E-state index in [1.807, 2.05) is 13.8 Å². The average molecular weight is 1010 g/mol. The molecule has 2 fully saturated rings. The molecule has 9 amide bonds. The highest BCUT2D eigenvalue weighted by Crippen LogP contribution is 2.27. The van der Waals surface area contributed by atoms with Crippen molar-refractivity contribution in [2.75, 3.05) is 18.1 Å². The molecule has 1 aromatic rings. The van der Waals surface area contributed by atoms with Gasteiger partial charge < -0.3 is 59.5 Å². The normalized spacial score (nSPS) is 24.5. The van der Waals surface area contributed by atoms with Crippen molar-refractivity contribution in [3.8, 4) is 5.75 Å². The second-order valence-electron chi connectivity index (χ2n) is 18.0. The number of hydrogen-bond donors (Lipinski definition) is 10. The first kappa shape index (κ1) is 57.6. The Morgan fingerprint density at radius 3 is 2.04 bits per heavy atom. The summed E-state index contributed by atoms with van der Waals surface area (Å²) in [5.74, 6) is -10.7. The number of nitrogens with zero attached hydrogens (tertiary/aromatic N) is 1. The monoisotopic (exact) mass is 1000 g/mol. The Morgan fingerprint density at radius 2 is 1.43 bits per heavy atom. The van der Waals surface area contributed by atoms with Crippen molar-refractivity contribution in [2.45, 2.75) is 141 Å². The summed E-state index contributed by atoms with van der Waals surface area (Å²) in [5, 5.41) is 23.2. The molecule has 14 N–H and O–H groups in total. The van der Waals surface area contributed by atoms with Crippen LogP contribution in [0.25, 0.3) is 0 Å². The van der Waals surface area contributed by atoms with E-state index in [4.69, 9.17) is 22.9 Å². The number of hydrogen-bond acceptors (Lipinski definition) is 15. The first-order valence-electron chi connectivity index (χ1n) is 23.0. The van der Waals surface area contributed by atoms with E-state index in [1.165, 1.54) is 17.0 Å². The molecule has 0 aliphatic carbocycles. The van der Waals surface area contributed by atoms with Gasteiger partial charge in [-0.05, 0) is 55.2 Å². The van der Waals surface area contributed by atoms with E-state index in [-0.39, 0.29) is 74.7 Å². The van der Waals surface area contributed by atoms with Crippen molar-refractivity contribution in [2.24, 2.45) is 40.7 Å². The van der Waals surface area contributed by atoms with E-state index in [0.717, 1.165) is 21.6 Å². The summed E-state index contributed by atoms with van der Waals surface area (Å²) in [7, 11) is 2.10. The van der Waals surface area contributed by atoms with Crippen molar-refractivity contribution < 1.29 is 57.8 Å². The van der Waals surface area contributed by atoms with Gasteiger partial charge in [0, 0.05) is 56.6 Å². The van der Waals surface area contributed by atoms with Crippen LogP contribution in [0.2, 0.25) is 0 Å². The summed E-state index contributed by atoms with van der Waals surface area (Å²) < 4.78 is 0. The Balaban J connectivity index is 2.05. The molecule has 0 bridgehead atoms. The fourth-order valence-corrected chi connectivity index (χ4v) is 10.0. The number of rotatable bonds is 18. The number of likely N-dealkylation sites (tertiary alicyclic amines) is 1. The van der Waals surface area contributed by atoms with Gasteiger partial charge in [0.15, 0.2) is 11.6 Å². The van der Waals surface area contributed by atoms with Gasteiger partial charge >= 0.3 is 0 Å². The van der Waals surface area contributed by atoms with E-state index in [2.05, 4.69) is 26.6 Å². The lowest BCUT2D eigenvalue weighted by molar-refractivity contribution is -0.142. The molecular weight excluding hydrogens is 937 g/mol. The smallest absolute Gasteiger partial charge is 0.246 e. The van der Waals surface area contributed by atoms with Crippen molar-refractivity contribution in [1.82, 2.24) is 31.5 Å². The van der Waals surface area contributed by atoms with Crippen molar-refractivity contribution in [3.63, 3.8) is 0 Å². The zero-order valence-corrected chi connectivity index (χ0v) is 41.1. The Labute approximate surface area is 409 Å². The van der Waals surface area contributed by atoms with E-state index in [0.29, 0.717) is 18.4 Å². The third-order valence-electron chi connectivity index (χ3n) is 11.8. The molecule has 9 atom stereocenters. The molecule has 2 aliphatic rings. The number of aromatic hydroxyl groups is 1. The molecule has 382 valence electrons. The highest BCUT2D eigenvalue weighted by atomic mass is 33.1. The number of benzene rings is 1. The molecule has 0 saturated carbocycles. The maximum atomic E-state index is 14.5. The Morgan fingerprint density at radius 1 is 0.797 bits per heavy atom. The fraction of sp³-hybridized carbons (Fsp3) is 0.622. The topological polar surface area (TPSA) is 375 Å². The van der Waals surface area contributed by atoms with E-state index in [9.17, 15) is 57.8 Å². The Kier molecular flexibility index (Phi) is 23.4. The Hall–Kier alpha value is -5.75. The van der Waals surface area contributed by atoms with Gasteiger partial charge in [0.25, 0.3) is 0 Å². The van der Waals surface area contributed by atoms with Crippen LogP contribution in [-0.2, 0) is 59.2 Å². The summed E-state index contributed by atoms with van der Waals surface area (Å²) in [6, 6.07) is -2.87. The molecule has 0 aromatic heterocycles. The Bertz CT molecular complexity index is 2040. The quantitative estimate of drug-likeness (QED) is 0.0766. The highest BCUT2D eigenvalue weighted by Gasteiger charge is 2.41. The maximum absolute atomic E-state index is 14.5. The van der Waals surface area contributed by atoms with Crippen molar-refractivity contribution in [1.29, 1.82) is 0 Å². The van der Waals surface area contributed by atoms with E-state index >= 15 is 0 Å². The lowest BCUT2D eigenvalue weighted by Gasteiger charge is -2.31. The summed E-state index contributed by atoms with van der Waals surface area (Å²) in [6.45, 7) is 7.20. The molecule has 2 saturated heterocycles. The first-order valence-corrected chi connectivity index (χ1v) is 25.5. The minimum atomic E-state index is -1.50. The predicted molar refractivity (Wildman–Crippen MR) is 257 cm³/mol. The van der Waals surface area contributed by atoms with Crippen LogP contribution in [0.1, 0.15) is 97.5 Å². The molecule has 2 aliphatic heterocycles. The number of Topliss-reactive ketones (excluding diaryl/α,β-unsaturated/α-hetero) is 2. The number of phenolic OH excluding ortho intramolecular Hbond substituents is 1. The summed E-state index contributed by atoms with van der Waals surface area (Å²) in [4.78, 5) is 149. The van der Waals surface area contributed by atoms with Gasteiger partial charge in [-0.25, -0.2) is 0 Å². The number of carbonyl (C=O) groups excluding carboxylic acids is 11. The number of phenols is 1.